The molecule has 6 heteroatoms. The maximum Gasteiger partial charge on any atom is 0.306 e. The summed E-state index contributed by atoms with van der Waals surface area (Å²) in [7, 11) is 0. The van der Waals surface area contributed by atoms with Crippen LogP contribution in [0.5, 0.6) is 0 Å². The van der Waals surface area contributed by atoms with Crippen LogP contribution in [-0.2, 0) is 14.3 Å². The Morgan fingerprint density at radius 3 is 1.27 bits per heavy atom. The fourth-order valence-electron chi connectivity index (χ4n) is 6.67. The summed E-state index contributed by atoms with van der Waals surface area (Å²) in [6.45, 7) is 6.44. The van der Waals surface area contributed by atoms with Gasteiger partial charge in [-0.2, -0.15) is 0 Å². The standard InChI is InChI=1S/C42H83NO5/c1-4-7-10-13-16-19-22-25-28-31-34-40(45)39(37-44)43-41(46)36-38(33-30-27-24-21-18-15-12-9-6-3)48-42(47)35-32-29-26-23-20-17-14-11-8-5-2/h38-40,44-45H,4-37H2,1-3H3,(H,43,46). The Morgan fingerprint density at radius 1 is 0.521 bits per heavy atom. The lowest BCUT2D eigenvalue weighted by atomic mass is 10.0. The number of carbonyl (C=O) groups is 2. The van der Waals surface area contributed by atoms with E-state index in [0.717, 1.165) is 44.9 Å². The zero-order valence-corrected chi connectivity index (χ0v) is 32.4. The van der Waals surface area contributed by atoms with Crippen molar-refractivity contribution in [1.29, 1.82) is 0 Å². The Kier molecular flexibility index (Phi) is 36.2. The van der Waals surface area contributed by atoms with E-state index in [9.17, 15) is 19.8 Å². The highest BCUT2D eigenvalue weighted by Gasteiger charge is 2.24. The number of rotatable bonds is 38. The van der Waals surface area contributed by atoms with E-state index >= 15 is 0 Å². The number of aliphatic hydroxyl groups excluding tert-OH is 2. The molecular formula is C42H83NO5. The second-order valence-corrected chi connectivity index (χ2v) is 14.8. The molecule has 0 heterocycles. The fraction of sp³-hybridized carbons (Fsp3) is 0.952. The second kappa shape index (κ2) is 37.1. The van der Waals surface area contributed by atoms with Crippen LogP contribution in [0.15, 0.2) is 0 Å². The Hall–Kier alpha value is -1.14. The summed E-state index contributed by atoms with van der Waals surface area (Å²) >= 11 is 0. The van der Waals surface area contributed by atoms with E-state index in [1.807, 2.05) is 0 Å². The van der Waals surface area contributed by atoms with Crippen molar-refractivity contribution in [3.05, 3.63) is 0 Å². The molecule has 0 bridgehead atoms. The average molecular weight is 682 g/mol. The van der Waals surface area contributed by atoms with Gasteiger partial charge in [0.2, 0.25) is 5.91 Å². The average Bonchev–Trinajstić information content (AvgIpc) is 3.07. The van der Waals surface area contributed by atoms with Crippen LogP contribution in [0.2, 0.25) is 0 Å². The van der Waals surface area contributed by atoms with Gasteiger partial charge in [0, 0.05) is 6.42 Å². The van der Waals surface area contributed by atoms with Gasteiger partial charge >= 0.3 is 5.97 Å². The van der Waals surface area contributed by atoms with E-state index in [0.29, 0.717) is 19.3 Å². The van der Waals surface area contributed by atoms with Crippen molar-refractivity contribution in [3.8, 4) is 0 Å². The highest BCUT2D eigenvalue weighted by atomic mass is 16.5. The van der Waals surface area contributed by atoms with Crippen LogP contribution in [0, 0.1) is 0 Å². The number of esters is 1. The van der Waals surface area contributed by atoms with Crippen molar-refractivity contribution in [3.63, 3.8) is 0 Å². The van der Waals surface area contributed by atoms with Crippen molar-refractivity contribution in [2.75, 3.05) is 6.61 Å². The van der Waals surface area contributed by atoms with Crippen molar-refractivity contribution in [2.45, 2.75) is 251 Å². The SMILES string of the molecule is CCCCCCCCCCCCC(=O)OC(CCCCCCCCCCC)CC(=O)NC(CO)C(O)CCCCCCCCCCCC. The van der Waals surface area contributed by atoms with Crippen LogP contribution in [-0.4, -0.2) is 46.9 Å². The molecule has 6 nitrogen and oxygen atoms in total. The van der Waals surface area contributed by atoms with Gasteiger partial charge in [-0.1, -0.05) is 194 Å². The molecule has 0 fully saturated rings. The van der Waals surface area contributed by atoms with Gasteiger partial charge in [-0.25, -0.2) is 0 Å². The van der Waals surface area contributed by atoms with Gasteiger partial charge in [-0.15, -0.1) is 0 Å². The molecule has 0 radical (unpaired) electrons. The Labute approximate surface area is 298 Å². The summed E-state index contributed by atoms with van der Waals surface area (Å²) in [5, 5.41) is 23.5. The fourth-order valence-corrected chi connectivity index (χ4v) is 6.67. The number of carbonyl (C=O) groups excluding carboxylic acids is 2. The third kappa shape index (κ3) is 32.1. The Morgan fingerprint density at radius 2 is 0.875 bits per heavy atom. The molecule has 0 aliphatic rings. The number of amides is 1. The topological polar surface area (TPSA) is 95.9 Å². The zero-order chi connectivity index (χ0) is 35.3. The Balaban J connectivity index is 4.54. The summed E-state index contributed by atoms with van der Waals surface area (Å²) in [4.78, 5) is 25.8. The van der Waals surface area contributed by atoms with Crippen LogP contribution in [0.1, 0.15) is 233 Å². The number of hydrogen-bond donors (Lipinski definition) is 3. The molecule has 3 unspecified atom stereocenters. The van der Waals surface area contributed by atoms with Gasteiger partial charge in [-0.3, -0.25) is 9.59 Å². The largest absolute Gasteiger partial charge is 0.462 e. The summed E-state index contributed by atoms with van der Waals surface area (Å²) in [5.41, 5.74) is 0. The first-order valence-electron chi connectivity index (χ1n) is 21.3. The molecule has 0 aromatic carbocycles. The first-order valence-corrected chi connectivity index (χ1v) is 21.3. The number of hydrogen-bond acceptors (Lipinski definition) is 5. The summed E-state index contributed by atoms with van der Waals surface area (Å²) in [6, 6.07) is -0.688. The molecule has 48 heavy (non-hydrogen) atoms. The number of aliphatic hydroxyl groups is 2. The molecule has 0 saturated heterocycles. The molecule has 0 rings (SSSR count). The predicted octanol–water partition coefficient (Wildman–Crippen LogP) is 11.7. The highest BCUT2D eigenvalue weighted by Crippen LogP contribution is 2.18. The third-order valence-corrected chi connectivity index (χ3v) is 9.94. The monoisotopic (exact) mass is 682 g/mol. The van der Waals surface area contributed by atoms with Crippen LogP contribution in [0.25, 0.3) is 0 Å². The minimum Gasteiger partial charge on any atom is -0.462 e. The second-order valence-electron chi connectivity index (χ2n) is 14.8. The van der Waals surface area contributed by atoms with Crippen LogP contribution >= 0.6 is 0 Å². The molecule has 0 spiro atoms. The van der Waals surface area contributed by atoms with Crippen molar-refractivity contribution >= 4 is 11.9 Å². The van der Waals surface area contributed by atoms with E-state index in [2.05, 4.69) is 26.1 Å². The molecule has 286 valence electrons. The summed E-state index contributed by atoms with van der Waals surface area (Å²) in [5.74, 6) is -0.466. The maximum atomic E-state index is 13.0. The van der Waals surface area contributed by atoms with Crippen LogP contribution in [0.4, 0.5) is 0 Å². The van der Waals surface area contributed by atoms with E-state index in [1.54, 1.807) is 0 Å². The van der Waals surface area contributed by atoms with Gasteiger partial charge in [0.15, 0.2) is 0 Å². The minimum absolute atomic E-state index is 0.0856. The molecule has 0 aliphatic carbocycles. The molecule has 0 saturated carbocycles. The van der Waals surface area contributed by atoms with Crippen LogP contribution < -0.4 is 5.32 Å². The van der Waals surface area contributed by atoms with Gasteiger partial charge in [0.05, 0.1) is 25.2 Å². The van der Waals surface area contributed by atoms with Gasteiger partial charge in [0.25, 0.3) is 0 Å². The molecule has 3 N–H and O–H groups in total. The molecule has 0 aliphatic heterocycles. The molecular weight excluding hydrogens is 598 g/mol. The normalized spacial score (nSPS) is 13.4. The zero-order valence-electron chi connectivity index (χ0n) is 32.4. The number of nitrogens with one attached hydrogen (secondary N) is 1. The maximum absolute atomic E-state index is 13.0. The number of ether oxygens (including phenoxy) is 1. The van der Waals surface area contributed by atoms with Gasteiger partial charge < -0.3 is 20.3 Å². The minimum atomic E-state index is -0.775. The first kappa shape index (κ1) is 46.9. The van der Waals surface area contributed by atoms with Gasteiger partial charge in [-0.05, 0) is 25.7 Å². The summed E-state index contributed by atoms with van der Waals surface area (Å²) < 4.78 is 5.87. The quantitative estimate of drug-likeness (QED) is 0.0445. The van der Waals surface area contributed by atoms with Crippen molar-refractivity contribution < 1.29 is 24.5 Å². The van der Waals surface area contributed by atoms with Crippen LogP contribution in [0.3, 0.4) is 0 Å². The highest BCUT2D eigenvalue weighted by molar-refractivity contribution is 5.77. The molecule has 3 atom stereocenters. The molecule has 0 aromatic heterocycles. The smallest absolute Gasteiger partial charge is 0.306 e. The summed E-state index contributed by atoms with van der Waals surface area (Å²) in [6.07, 6.45) is 35.9. The van der Waals surface area contributed by atoms with E-state index in [1.165, 1.54) is 141 Å². The van der Waals surface area contributed by atoms with E-state index < -0.39 is 18.2 Å². The molecule has 0 aromatic rings. The lowest BCUT2D eigenvalue weighted by Crippen LogP contribution is -2.46. The lowest BCUT2D eigenvalue weighted by Gasteiger charge is -2.24. The third-order valence-electron chi connectivity index (χ3n) is 9.94. The van der Waals surface area contributed by atoms with Crippen molar-refractivity contribution in [2.24, 2.45) is 0 Å². The van der Waals surface area contributed by atoms with Crippen molar-refractivity contribution in [1.82, 2.24) is 5.32 Å². The van der Waals surface area contributed by atoms with E-state index in [4.69, 9.17) is 4.74 Å². The van der Waals surface area contributed by atoms with Gasteiger partial charge in [0.1, 0.15) is 6.10 Å². The number of unbranched alkanes of at least 4 members (excludes halogenated alkanes) is 26. The lowest BCUT2D eigenvalue weighted by molar-refractivity contribution is -0.151. The Bertz CT molecular complexity index is 687. The molecule has 1 amide bonds. The van der Waals surface area contributed by atoms with E-state index in [-0.39, 0.29) is 24.9 Å². The predicted molar refractivity (Wildman–Crippen MR) is 204 cm³/mol. The first-order chi connectivity index (χ1) is 23.5.